The number of likely N-dealkylation sites (tertiary alicyclic amines) is 1. The van der Waals surface area contributed by atoms with Crippen molar-refractivity contribution in [2.45, 2.75) is 83.4 Å². The van der Waals surface area contributed by atoms with Crippen molar-refractivity contribution >= 4 is 23.6 Å². The van der Waals surface area contributed by atoms with Crippen LogP contribution in [0.1, 0.15) is 70.3 Å². The van der Waals surface area contributed by atoms with Crippen molar-refractivity contribution in [1.29, 1.82) is 0 Å². The monoisotopic (exact) mass is 686 g/mol. The molecule has 0 unspecified atom stereocenters. The zero-order valence-electron chi connectivity index (χ0n) is 29.3. The van der Waals surface area contributed by atoms with Crippen LogP contribution >= 0.6 is 0 Å². The van der Waals surface area contributed by atoms with E-state index in [1.54, 1.807) is 29.3 Å². The van der Waals surface area contributed by atoms with E-state index in [0.29, 0.717) is 57.7 Å². The van der Waals surface area contributed by atoms with E-state index in [0.717, 1.165) is 48.8 Å². The first-order valence-corrected chi connectivity index (χ1v) is 18.0. The number of nitrogens with one attached hydrogen (secondary N) is 1. The first-order valence-electron chi connectivity index (χ1n) is 18.0. The molecule has 4 rings (SSSR count). The van der Waals surface area contributed by atoms with Crippen LogP contribution in [0, 0.1) is 0 Å². The van der Waals surface area contributed by atoms with E-state index in [-0.39, 0.29) is 36.6 Å². The Balaban J connectivity index is 1.34. The van der Waals surface area contributed by atoms with Gasteiger partial charge in [-0.3, -0.25) is 19.9 Å². The van der Waals surface area contributed by atoms with Gasteiger partial charge in [-0.05, 0) is 68.0 Å². The minimum Gasteiger partial charge on any atom is -0.508 e. The zero-order chi connectivity index (χ0) is 35.7. The fourth-order valence-corrected chi connectivity index (χ4v) is 6.16. The van der Waals surface area contributed by atoms with Gasteiger partial charge in [0.15, 0.2) is 0 Å². The van der Waals surface area contributed by atoms with Crippen molar-refractivity contribution in [2.24, 2.45) is 11.5 Å². The molecule has 0 radical (unpaired) electrons. The van der Waals surface area contributed by atoms with Gasteiger partial charge in [0.2, 0.25) is 5.91 Å². The molecular formula is C39H54N6O5. The summed E-state index contributed by atoms with van der Waals surface area (Å²) in [5.41, 5.74) is 15.5. The number of unbranched alkanes of at least 4 members (excludes halogenated alkanes) is 3. The lowest BCUT2D eigenvalue weighted by Crippen LogP contribution is -2.55. The Kier molecular flexibility index (Phi) is 15.6. The molecule has 3 amide bonds. The summed E-state index contributed by atoms with van der Waals surface area (Å²) in [6.07, 6.45) is 5.47. The number of hydrogen-bond donors (Lipinski definition) is 4. The van der Waals surface area contributed by atoms with Crippen molar-refractivity contribution in [1.82, 2.24) is 14.9 Å². The van der Waals surface area contributed by atoms with E-state index in [1.165, 1.54) is 5.01 Å². The molecule has 1 fully saturated rings. The molecule has 6 N–H and O–H groups in total. The van der Waals surface area contributed by atoms with Gasteiger partial charge >= 0.3 is 6.09 Å². The van der Waals surface area contributed by atoms with Crippen molar-refractivity contribution in [3.05, 3.63) is 84.4 Å². The predicted octanol–water partition coefficient (Wildman–Crippen LogP) is 5.88. The fourth-order valence-electron chi connectivity index (χ4n) is 6.16. The largest absolute Gasteiger partial charge is 0.508 e. The summed E-state index contributed by atoms with van der Waals surface area (Å²) in [4.78, 5) is 42.8. The Morgan fingerprint density at radius 1 is 0.920 bits per heavy atom. The van der Waals surface area contributed by atoms with Gasteiger partial charge in [0.25, 0.3) is 5.91 Å². The molecule has 3 aromatic carbocycles. The summed E-state index contributed by atoms with van der Waals surface area (Å²) in [6, 6.07) is 23.4. The summed E-state index contributed by atoms with van der Waals surface area (Å²) >= 11 is 0. The van der Waals surface area contributed by atoms with Crippen LogP contribution in [-0.4, -0.2) is 82.8 Å². The number of nitrogens with zero attached hydrogens (tertiary/aromatic N) is 3. The highest BCUT2D eigenvalue weighted by Crippen LogP contribution is 2.28. The molecule has 0 aromatic heterocycles. The number of para-hydroxylation sites is 1. The maximum absolute atomic E-state index is 13.9. The van der Waals surface area contributed by atoms with E-state index < -0.39 is 12.1 Å². The van der Waals surface area contributed by atoms with Gasteiger partial charge in [-0.15, -0.1) is 0 Å². The normalized spacial score (nSPS) is 14.1. The molecule has 1 aliphatic heterocycles. The first-order chi connectivity index (χ1) is 24.3. The van der Waals surface area contributed by atoms with E-state index >= 15 is 0 Å². The summed E-state index contributed by atoms with van der Waals surface area (Å²) in [7, 11) is 0. The summed E-state index contributed by atoms with van der Waals surface area (Å²) in [5, 5.41) is 15.8. The van der Waals surface area contributed by atoms with Crippen molar-refractivity contribution in [3.8, 4) is 16.9 Å². The lowest BCUT2D eigenvalue weighted by atomic mass is 10.0. The third kappa shape index (κ3) is 11.9. The van der Waals surface area contributed by atoms with Crippen LogP contribution in [0.15, 0.2) is 78.9 Å². The number of benzene rings is 3. The van der Waals surface area contributed by atoms with Gasteiger partial charge in [0.05, 0.1) is 18.3 Å². The molecule has 3 aromatic rings. The van der Waals surface area contributed by atoms with Gasteiger partial charge in [0, 0.05) is 38.2 Å². The molecule has 0 aliphatic carbocycles. The number of nitrogens with two attached hydrogens (primary N) is 2. The lowest BCUT2D eigenvalue weighted by molar-refractivity contribution is -0.167. The van der Waals surface area contributed by atoms with Crippen LogP contribution in [-0.2, 0) is 20.9 Å². The number of anilines is 1. The number of phenols is 1. The number of rotatable bonds is 17. The van der Waals surface area contributed by atoms with Crippen LogP contribution in [0.4, 0.5) is 10.5 Å². The SMILES string of the molecule is CCCCCN(C(=O)CCN1CCC(OC(=O)Nc2ccccc2-c2ccccc2)CC1)N(Cc1ccc(O)cc1)C(=O)[C@@H](N)CCCCN. The summed E-state index contributed by atoms with van der Waals surface area (Å²) in [5.74, 6) is -0.316. The maximum atomic E-state index is 13.9. The van der Waals surface area contributed by atoms with Gasteiger partial charge < -0.3 is 26.2 Å². The molecule has 0 spiro atoms. The third-order valence-electron chi connectivity index (χ3n) is 9.06. The van der Waals surface area contributed by atoms with Crippen LogP contribution < -0.4 is 16.8 Å². The number of amides is 3. The third-order valence-corrected chi connectivity index (χ3v) is 9.06. The molecule has 1 atom stereocenters. The topological polar surface area (TPSA) is 154 Å². The standard InChI is InChI=1S/C39H54N6O5/c1-2-3-11-25-44(45(29-30-17-19-32(46)20-18-30)38(48)35(41)15-9-10-24-40)37(47)23-28-43-26-21-33(22-27-43)50-39(49)42-36-16-8-7-14-34(36)31-12-5-4-6-13-31/h4-8,12-14,16-20,33,35,46H,2-3,9-11,15,21-29,40-41H2,1H3,(H,42,49)/t35-/m0/s1. The quantitative estimate of drug-likeness (QED) is 0.101. The van der Waals surface area contributed by atoms with Gasteiger partial charge in [-0.1, -0.05) is 86.8 Å². The van der Waals surface area contributed by atoms with Gasteiger partial charge in [0.1, 0.15) is 11.9 Å². The van der Waals surface area contributed by atoms with Crippen molar-refractivity contribution in [3.63, 3.8) is 0 Å². The molecule has 1 heterocycles. The number of carbonyl (C=O) groups is 3. The molecule has 50 heavy (non-hydrogen) atoms. The van der Waals surface area contributed by atoms with Crippen LogP contribution in [0.3, 0.4) is 0 Å². The second kappa shape index (κ2) is 20.3. The molecule has 1 saturated heterocycles. The fraction of sp³-hybridized carbons (Fsp3) is 0.462. The van der Waals surface area contributed by atoms with E-state index in [1.807, 2.05) is 54.6 Å². The number of hydrogen-bond acceptors (Lipinski definition) is 8. The molecule has 270 valence electrons. The number of piperidine rings is 1. The van der Waals surface area contributed by atoms with Crippen LogP contribution in [0.25, 0.3) is 11.1 Å². The van der Waals surface area contributed by atoms with Crippen LogP contribution in [0.5, 0.6) is 5.75 Å². The molecular weight excluding hydrogens is 632 g/mol. The lowest BCUT2D eigenvalue weighted by Gasteiger charge is -2.37. The highest BCUT2D eigenvalue weighted by atomic mass is 16.6. The second-order valence-corrected chi connectivity index (χ2v) is 12.9. The highest BCUT2D eigenvalue weighted by Gasteiger charge is 2.30. The number of hydrazine groups is 1. The summed E-state index contributed by atoms with van der Waals surface area (Å²) < 4.78 is 5.80. The molecule has 0 saturated carbocycles. The Morgan fingerprint density at radius 3 is 2.32 bits per heavy atom. The van der Waals surface area contributed by atoms with E-state index in [9.17, 15) is 19.5 Å². The minimum atomic E-state index is -0.761. The average Bonchev–Trinajstić information content (AvgIpc) is 3.13. The number of phenolic OH excluding ortho intramolecular Hbond substituents is 1. The first kappa shape index (κ1) is 38.4. The van der Waals surface area contributed by atoms with Crippen molar-refractivity contribution in [2.75, 3.05) is 38.0 Å². The highest BCUT2D eigenvalue weighted by molar-refractivity contribution is 5.91. The number of aromatic hydroxyl groups is 1. The smallest absolute Gasteiger partial charge is 0.411 e. The minimum absolute atomic E-state index is 0.129. The molecule has 1 aliphatic rings. The molecule has 11 nitrogen and oxygen atoms in total. The van der Waals surface area contributed by atoms with E-state index in [4.69, 9.17) is 16.2 Å². The van der Waals surface area contributed by atoms with Crippen LogP contribution in [0.2, 0.25) is 0 Å². The zero-order valence-corrected chi connectivity index (χ0v) is 29.3. The predicted molar refractivity (Wildman–Crippen MR) is 197 cm³/mol. The Labute approximate surface area is 296 Å². The maximum Gasteiger partial charge on any atom is 0.411 e. The van der Waals surface area contributed by atoms with Gasteiger partial charge in [-0.25, -0.2) is 9.80 Å². The molecule has 0 bridgehead atoms. The average molecular weight is 687 g/mol. The Hall–Kier alpha value is -4.45. The Morgan fingerprint density at radius 2 is 1.62 bits per heavy atom. The number of carbonyl (C=O) groups excluding carboxylic acids is 3. The molecule has 11 heteroatoms. The second-order valence-electron chi connectivity index (χ2n) is 12.9. The number of ether oxygens (including phenoxy) is 1. The van der Waals surface area contributed by atoms with Gasteiger partial charge in [-0.2, -0.15) is 0 Å². The Bertz CT molecular complexity index is 1480. The summed E-state index contributed by atoms with van der Waals surface area (Å²) in [6.45, 7) is 5.09. The van der Waals surface area contributed by atoms with E-state index in [2.05, 4.69) is 17.1 Å². The van der Waals surface area contributed by atoms with Crippen molar-refractivity contribution < 1.29 is 24.2 Å².